The zero-order valence-electron chi connectivity index (χ0n) is 4.78. The maximum absolute atomic E-state index is 11.8. The number of halogens is 1. The fraction of sp³-hybridized carbons (Fsp3) is 1.00. The maximum Gasteiger partial charge on any atom is 0.106 e. The molecule has 0 radical (unpaired) electrons. The van der Waals surface area contributed by atoms with E-state index in [0.717, 1.165) is 19.6 Å². The van der Waals surface area contributed by atoms with Crippen LogP contribution in [0.5, 0.6) is 0 Å². The Balaban J connectivity index is 0.000000640. The second kappa shape index (κ2) is 4.70. The van der Waals surface area contributed by atoms with Gasteiger partial charge in [-0.25, -0.2) is 4.39 Å². The van der Waals surface area contributed by atoms with Gasteiger partial charge in [-0.05, 0) is 0 Å². The number of hydrogen-bond donors (Lipinski definition) is 2. The molecule has 56 valence electrons. The van der Waals surface area contributed by atoms with Gasteiger partial charge in [-0.1, -0.05) is 7.43 Å². The molecule has 0 spiro atoms. The summed E-state index contributed by atoms with van der Waals surface area (Å²) >= 11 is 0. The molecule has 0 aliphatic carbocycles. The molecule has 1 aliphatic heterocycles. The molecular weight excluding hydrogens is 119 g/mol. The SMILES string of the molecule is C.FCC1CNCCN1. The predicted octanol–water partition coefficient (Wildman–Crippen LogP) is 0.153. The summed E-state index contributed by atoms with van der Waals surface area (Å²) in [5.74, 6) is 0. The second-order valence-corrected chi connectivity index (χ2v) is 2.01. The first-order valence-corrected chi connectivity index (χ1v) is 2.93. The van der Waals surface area contributed by atoms with Gasteiger partial charge in [-0.2, -0.15) is 0 Å². The molecule has 2 N–H and O–H groups in total. The first-order valence-electron chi connectivity index (χ1n) is 2.93. The number of nitrogens with one attached hydrogen (secondary N) is 2. The van der Waals surface area contributed by atoms with E-state index in [1.54, 1.807) is 0 Å². The highest BCUT2D eigenvalue weighted by Crippen LogP contribution is 1.85. The van der Waals surface area contributed by atoms with Crippen molar-refractivity contribution in [3.05, 3.63) is 0 Å². The highest BCUT2D eigenvalue weighted by atomic mass is 19.1. The Morgan fingerprint density at radius 3 is 2.56 bits per heavy atom. The highest BCUT2D eigenvalue weighted by Gasteiger charge is 2.09. The van der Waals surface area contributed by atoms with E-state index >= 15 is 0 Å². The Hall–Kier alpha value is -0.150. The van der Waals surface area contributed by atoms with Crippen LogP contribution in [0.1, 0.15) is 7.43 Å². The van der Waals surface area contributed by atoms with Gasteiger partial charge in [0.2, 0.25) is 0 Å². The molecular formula is C6H15FN2. The van der Waals surface area contributed by atoms with Gasteiger partial charge in [-0.3, -0.25) is 0 Å². The van der Waals surface area contributed by atoms with E-state index < -0.39 is 0 Å². The zero-order chi connectivity index (χ0) is 5.82. The van der Waals surface area contributed by atoms with Crippen molar-refractivity contribution in [3.63, 3.8) is 0 Å². The van der Waals surface area contributed by atoms with Gasteiger partial charge < -0.3 is 10.6 Å². The van der Waals surface area contributed by atoms with E-state index in [4.69, 9.17) is 0 Å². The van der Waals surface area contributed by atoms with Gasteiger partial charge in [-0.15, -0.1) is 0 Å². The summed E-state index contributed by atoms with van der Waals surface area (Å²) in [5, 5.41) is 6.11. The maximum atomic E-state index is 11.8. The molecule has 0 aromatic heterocycles. The normalized spacial score (nSPS) is 27.0. The fourth-order valence-electron chi connectivity index (χ4n) is 0.822. The van der Waals surface area contributed by atoms with Crippen molar-refractivity contribution in [1.29, 1.82) is 0 Å². The molecule has 2 nitrogen and oxygen atoms in total. The van der Waals surface area contributed by atoms with E-state index in [1.165, 1.54) is 0 Å². The minimum Gasteiger partial charge on any atom is -0.314 e. The van der Waals surface area contributed by atoms with Crippen LogP contribution in [0.3, 0.4) is 0 Å². The number of piperazine rings is 1. The quantitative estimate of drug-likeness (QED) is 0.533. The number of rotatable bonds is 1. The van der Waals surface area contributed by atoms with Gasteiger partial charge in [0.25, 0.3) is 0 Å². The van der Waals surface area contributed by atoms with E-state index in [1.807, 2.05) is 0 Å². The molecule has 0 aromatic rings. The van der Waals surface area contributed by atoms with Gasteiger partial charge >= 0.3 is 0 Å². The first kappa shape index (κ1) is 8.85. The van der Waals surface area contributed by atoms with Gasteiger partial charge in [0.15, 0.2) is 0 Å². The van der Waals surface area contributed by atoms with E-state index in [-0.39, 0.29) is 20.1 Å². The molecule has 1 rings (SSSR count). The molecule has 0 amide bonds. The van der Waals surface area contributed by atoms with Crippen molar-refractivity contribution in [3.8, 4) is 0 Å². The molecule has 1 saturated heterocycles. The second-order valence-electron chi connectivity index (χ2n) is 2.01. The average Bonchev–Trinajstić information content (AvgIpc) is 1.90. The first-order chi connectivity index (χ1) is 3.93. The Labute approximate surface area is 55.8 Å². The van der Waals surface area contributed by atoms with E-state index in [2.05, 4.69) is 10.6 Å². The smallest absolute Gasteiger partial charge is 0.106 e. The molecule has 1 aliphatic rings. The number of alkyl halides is 1. The van der Waals surface area contributed by atoms with Crippen LogP contribution >= 0.6 is 0 Å². The fourth-order valence-corrected chi connectivity index (χ4v) is 0.822. The van der Waals surface area contributed by atoms with Gasteiger partial charge in [0.1, 0.15) is 6.67 Å². The van der Waals surface area contributed by atoms with Crippen LogP contribution < -0.4 is 10.6 Å². The Morgan fingerprint density at radius 1 is 1.44 bits per heavy atom. The third-order valence-corrected chi connectivity index (χ3v) is 1.31. The molecule has 0 saturated carbocycles. The van der Waals surface area contributed by atoms with Crippen LogP contribution in [0.2, 0.25) is 0 Å². The van der Waals surface area contributed by atoms with Crippen molar-refractivity contribution >= 4 is 0 Å². The third kappa shape index (κ3) is 2.77. The molecule has 1 fully saturated rings. The largest absolute Gasteiger partial charge is 0.314 e. The van der Waals surface area contributed by atoms with Crippen LogP contribution in [-0.4, -0.2) is 32.4 Å². The minimum atomic E-state index is -0.257. The lowest BCUT2D eigenvalue weighted by Gasteiger charge is -2.21. The lowest BCUT2D eigenvalue weighted by molar-refractivity contribution is 0.333. The Morgan fingerprint density at radius 2 is 2.22 bits per heavy atom. The van der Waals surface area contributed by atoms with Crippen molar-refractivity contribution in [2.24, 2.45) is 0 Å². The predicted molar refractivity (Wildman–Crippen MR) is 37.4 cm³/mol. The minimum absolute atomic E-state index is 0. The van der Waals surface area contributed by atoms with Crippen molar-refractivity contribution in [2.45, 2.75) is 13.5 Å². The lowest BCUT2D eigenvalue weighted by atomic mass is 10.3. The van der Waals surface area contributed by atoms with Crippen LogP contribution in [0.4, 0.5) is 4.39 Å². The Bertz CT molecular complexity index is 62.1. The third-order valence-electron chi connectivity index (χ3n) is 1.31. The summed E-state index contributed by atoms with van der Waals surface area (Å²) in [4.78, 5) is 0. The summed E-state index contributed by atoms with van der Waals surface area (Å²) in [6, 6.07) is 0.0590. The summed E-state index contributed by atoms with van der Waals surface area (Å²) in [5.41, 5.74) is 0. The topological polar surface area (TPSA) is 24.1 Å². The molecule has 1 heterocycles. The van der Waals surface area contributed by atoms with Crippen molar-refractivity contribution in [2.75, 3.05) is 26.3 Å². The van der Waals surface area contributed by atoms with Crippen molar-refractivity contribution in [1.82, 2.24) is 10.6 Å². The summed E-state index contributed by atoms with van der Waals surface area (Å²) < 4.78 is 11.8. The van der Waals surface area contributed by atoms with Gasteiger partial charge in [0, 0.05) is 25.7 Å². The lowest BCUT2D eigenvalue weighted by Crippen LogP contribution is -2.49. The molecule has 0 aromatic carbocycles. The van der Waals surface area contributed by atoms with Crippen LogP contribution in [-0.2, 0) is 0 Å². The van der Waals surface area contributed by atoms with Gasteiger partial charge in [0.05, 0.1) is 0 Å². The summed E-state index contributed by atoms with van der Waals surface area (Å²) in [7, 11) is 0. The molecule has 3 heteroatoms. The van der Waals surface area contributed by atoms with Crippen LogP contribution in [0.15, 0.2) is 0 Å². The van der Waals surface area contributed by atoms with Crippen molar-refractivity contribution < 1.29 is 4.39 Å². The molecule has 0 bridgehead atoms. The molecule has 9 heavy (non-hydrogen) atoms. The monoisotopic (exact) mass is 134 g/mol. The van der Waals surface area contributed by atoms with Crippen LogP contribution in [0.25, 0.3) is 0 Å². The highest BCUT2D eigenvalue weighted by molar-refractivity contribution is 4.73. The van der Waals surface area contributed by atoms with Crippen LogP contribution in [0, 0.1) is 0 Å². The summed E-state index contributed by atoms with van der Waals surface area (Å²) in [6.45, 7) is 2.38. The van der Waals surface area contributed by atoms with E-state index in [9.17, 15) is 4.39 Å². The van der Waals surface area contributed by atoms with E-state index in [0.29, 0.717) is 0 Å². The Kier molecular flexibility index (Phi) is 4.62. The zero-order valence-corrected chi connectivity index (χ0v) is 4.78. The number of hydrogen-bond acceptors (Lipinski definition) is 2. The summed E-state index contributed by atoms with van der Waals surface area (Å²) in [6.07, 6.45) is 0. The molecule has 1 unspecified atom stereocenters. The average molecular weight is 134 g/mol. The molecule has 1 atom stereocenters. The standard InChI is InChI=1S/C5H11FN2.CH4/c6-3-5-4-7-1-2-8-5;/h5,7-8H,1-4H2;1H4.